The van der Waals surface area contributed by atoms with Crippen LogP contribution in [0.3, 0.4) is 0 Å². The first-order valence-electron chi connectivity index (χ1n) is 11.4. The molecular formula is C23H30N2O7S. The summed E-state index contributed by atoms with van der Waals surface area (Å²) in [5.41, 5.74) is 1.07. The highest BCUT2D eigenvalue weighted by atomic mass is 32.2. The number of hydrogen-bond donors (Lipinski definition) is 0. The summed E-state index contributed by atoms with van der Waals surface area (Å²) in [6, 6.07) is 4.30. The summed E-state index contributed by atoms with van der Waals surface area (Å²) >= 11 is 0. The normalized spacial score (nSPS) is 19.5. The van der Waals surface area contributed by atoms with Gasteiger partial charge in [0.2, 0.25) is 10.0 Å². The number of carbonyl (C=O) groups excluding carboxylic acids is 2. The molecule has 0 radical (unpaired) electrons. The molecule has 0 spiro atoms. The fourth-order valence-electron chi connectivity index (χ4n) is 4.18. The quantitative estimate of drug-likeness (QED) is 0.529. The van der Waals surface area contributed by atoms with Crippen molar-refractivity contribution in [1.82, 2.24) is 9.21 Å². The molecule has 0 N–H and O–H groups in total. The summed E-state index contributed by atoms with van der Waals surface area (Å²) < 4.78 is 43.3. The van der Waals surface area contributed by atoms with Crippen molar-refractivity contribution in [1.29, 1.82) is 0 Å². The largest absolute Gasteiger partial charge is 0.495 e. The number of amides is 1. The number of ether oxygens (including phenoxy) is 3. The van der Waals surface area contributed by atoms with Gasteiger partial charge >= 0.3 is 5.97 Å². The SMILES string of the molecule is COc1ccc(C(=O)OCC(=O)N(C2=CCCCC2)C2CC2)cc1S(=O)(=O)N1CCOCC1. The molecule has 1 heterocycles. The minimum absolute atomic E-state index is 0.0466. The molecule has 0 aromatic heterocycles. The Morgan fingerprint density at radius 2 is 1.94 bits per heavy atom. The number of carbonyl (C=O) groups is 2. The van der Waals surface area contributed by atoms with Gasteiger partial charge in [0.25, 0.3) is 5.91 Å². The zero-order valence-electron chi connectivity index (χ0n) is 18.8. The number of methoxy groups -OCH3 is 1. The maximum atomic E-state index is 13.1. The average molecular weight is 479 g/mol. The Morgan fingerprint density at radius 1 is 1.18 bits per heavy atom. The third-order valence-corrected chi connectivity index (χ3v) is 7.99. The topological polar surface area (TPSA) is 102 Å². The lowest BCUT2D eigenvalue weighted by Gasteiger charge is -2.27. The summed E-state index contributed by atoms with van der Waals surface area (Å²) in [5.74, 6) is -0.857. The van der Waals surface area contributed by atoms with Crippen molar-refractivity contribution in [2.75, 3.05) is 40.0 Å². The van der Waals surface area contributed by atoms with Crippen molar-refractivity contribution in [2.24, 2.45) is 0 Å². The van der Waals surface area contributed by atoms with E-state index < -0.39 is 16.0 Å². The van der Waals surface area contributed by atoms with Gasteiger partial charge in [-0.15, -0.1) is 0 Å². The van der Waals surface area contributed by atoms with Gasteiger partial charge in [0.1, 0.15) is 10.6 Å². The molecule has 33 heavy (non-hydrogen) atoms. The third-order valence-electron chi connectivity index (χ3n) is 6.07. The highest BCUT2D eigenvalue weighted by molar-refractivity contribution is 7.89. The van der Waals surface area contributed by atoms with Gasteiger partial charge in [-0.25, -0.2) is 13.2 Å². The van der Waals surface area contributed by atoms with E-state index in [-0.39, 0.29) is 47.9 Å². The average Bonchev–Trinajstić information content (AvgIpc) is 3.68. The van der Waals surface area contributed by atoms with Crippen LogP contribution in [-0.2, 0) is 24.3 Å². The van der Waals surface area contributed by atoms with Gasteiger partial charge < -0.3 is 19.1 Å². The molecule has 1 aliphatic heterocycles. The van der Waals surface area contributed by atoms with Gasteiger partial charge in [-0.05, 0) is 56.7 Å². The fourth-order valence-corrected chi connectivity index (χ4v) is 5.77. The Balaban J connectivity index is 1.47. The van der Waals surface area contributed by atoms with Crippen LogP contribution in [0.15, 0.2) is 34.9 Å². The Bertz CT molecular complexity index is 1030. The smallest absolute Gasteiger partial charge is 0.338 e. The highest BCUT2D eigenvalue weighted by Gasteiger charge is 2.35. The third kappa shape index (κ3) is 5.39. The lowest BCUT2D eigenvalue weighted by atomic mass is 10.0. The predicted octanol–water partition coefficient (Wildman–Crippen LogP) is 2.32. The molecule has 2 fully saturated rings. The van der Waals surface area contributed by atoms with Crippen LogP contribution in [0.5, 0.6) is 5.75 Å². The second kappa shape index (κ2) is 10.2. The molecule has 1 amide bonds. The lowest BCUT2D eigenvalue weighted by molar-refractivity contribution is -0.133. The van der Waals surface area contributed by atoms with Crippen LogP contribution in [0.4, 0.5) is 0 Å². The fraction of sp³-hybridized carbons (Fsp3) is 0.565. The number of nitrogens with zero attached hydrogens (tertiary/aromatic N) is 2. The minimum Gasteiger partial charge on any atom is -0.495 e. The predicted molar refractivity (Wildman–Crippen MR) is 119 cm³/mol. The van der Waals surface area contributed by atoms with Crippen LogP contribution in [0, 0.1) is 0 Å². The van der Waals surface area contributed by atoms with Crippen LogP contribution < -0.4 is 4.74 Å². The van der Waals surface area contributed by atoms with E-state index in [4.69, 9.17) is 14.2 Å². The summed E-state index contributed by atoms with van der Waals surface area (Å²) in [6.45, 7) is 0.673. The number of rotatable bonds is 8. The molecule has 1 aromatic rings. The molecule has 0 bridgehead atoms. The van der Waals surface area contributed by atoms with Crippen LogP contribution in [0.1, 0.15) is 48.9 Å². The monoisotopic (exact) mass is 478 g/mol. The van der Waals surface area contributed by atoms with Gasteiger partial charge in [0, 0.05) is 24.8 Å². The second-order valence-electron chi connectivity index (χ2n) is 8.39. The number of esters is 1. The molecule has 1 saturated carbocycles. The van der Waals surface area contributed by atoms with Crippen LogP contribution >= 0.6 is 0 Å². The maximum Gasteiger partial charge on any atom is 0.338 e. The van der Waals surface area contributed by atoms with Gasteiger partial charge in [0.05, 0.1) is 25.9 Å². The van der Waals surface area contributed by atoms with E-state index in [2.05, 4.69) is 6.08 Å². The van der Waals surface area contributed by atoms with E-state index in [1.54, 1.807) is 4.90 Å². The molecule has 180 valence electrons. The first kappa shape index (κ1) is 23.7. The molecule has 2 aliphatic carbocycles. The number of benzene rings is 1. The van der Waals surface area contributed by atoms with Crippen molar-refractivity contribution in [3.63, 3.8) is 0 Å². The molecule has 10 heteroatoms. The Labute approximate surface area is 194 Å². The van der Waals surface area contributed by atoms with E-state index in [0.29, 0.717) is 13.2 Å². The Morgan fingerprint density at radius 3 is 2.58 bits per heavy atom. The molecular weight excluding hydrogens is 448 g/mol. The van der Waals surface area contributed by atoms with Gasteiger partial charge in [-0.2, -0.15) is 4.31 Å². The number of sulfonamides is 1. The van der Waals surface area contributed by atoms with Gasteiger partial charge in [-0.3, -0.25) is 4.79 Å². The van der Waals surface area contributed by atoms with Gasteiger partial charge in [0.15, 0.2) is 6.61 Å². The zero-order valence-corrected chi connectivity index (χ0v) is 19.6. The Kier molecular flexibility index (Phi) is 7.35. The minimum atomic E-state index is -3.89. The zero-order chi connectivity index (χ0) is 23.4. The molecule has 9 nitrogen and oxygen atoms in total. The van der Waals surface area contributed by atoms with Crippen LogP contribution in [0.25, 0.3) is 0 Å². The number of morpholine rings is 1. The molecule has 1 saturated heterocycles. The van der Waals surface area contributed by atoms with Crippen LogP contribution in [0.2, 0.25) is 0 Å². The molecule has 0 atom stereocenters. The summed E-state index contributed by atoms with van der Waals surface area (Å²) in [5, 5.41) is 0. The van der Waals surface area contributed by atoms with Crippen LogP contribution in [-0.4, -0.2) is 75.6 Å². The van der Waals surface area contributed by atoms with Crippen molar-refractivity contribution >= 4 is 21.9 Å². The summed E-state index contributed by atoms with van der Waals surface area (Å²) in [6.07, 6.45) is 8.01. The second-order valence-corrected chi connectivity index (χ2v) is 10.3. The van der Waals surface area contributed by atoms with E-state index in [9.17, 15) is 18.0 Å². The lowest BCUT2D eigenvalue weighted by Crippen LogP contribution is -2.40. The standard InChI is InChI=1S/C23H30N2O7S/c1-30-20-10-7-17(15-21(20)33(28,29)24-11-13-31-14-12-24)23(27)32-16-22(26)25(19-8-9-19)18-5-3-2-4-6-18/h5,7,10,15,19H,2-4,6,8-9,11-14,16H2,1H3. The highest BCUT2D eigenvalue weighted by Crippen LogP contribution is 2.34. The van der Waals surface area contributed by atoms with Crippen molar-refractivity contribution in [3.05, 3.63) is 35.5 Å². The summed E-state index contributed by atoms with van der Waals surface area (Å²) in [7, 11) is -2.51. The van der Waals surface area contributed by atoms with E-state index in [1.807, 2.05) is 0 Å². The van der Waals surface area contributed by atoms with E-state index in [0.717, 1.165) is 44.2 Å². The maximum absolute atomic E-state index is 13.1. The molecule has 3 aliphatic rings. The van der Waals surface area contributed by atoms with Crippen molar-refractivity contribution in [3.8, 4) is 5.75 Å². The van der Waals surface area contributed by atoms with Crippen molar-refractivity contribution in [2.45, 2.75) is 49.5 Å². The van der Waals surface area contributed by atoms with Gasteiger partial charge in [-0.1, -0.05) is 6.08 Å². The molecule has 4 rings (SSSR count). The van der Waals surface area contributed by atoms with E-state index >= 15 is 0 Å². The van der Waals surface area contributed by atoms with E-state index in [1.165, 1.54) is 29.6 Å². The number of allylic oxidation sites excluding steroid dienone is 2. The molecule has 0 unspecified atom stereocenters. The first-order valence-corrected chi connectivity index (χ1v) is 12.8. The Hall–Kier alpha value is -2.43. The first-order chi connectivity index (χ1) is 15.9. The van der Waals surface area contributed by atoms with Crippen molar-refractivity contribution < 1.29 is 32.2 Å². The summed E-state index contributed by atoms with van der Waals surface area (Å²) in [4.78, 5) is 27.3. The molecule has 1 aromatic carbocycles. The number of hydrogen-bond acceptors (Lipinski definition) is 7.